The molecule has 4 rings (SSSR count). The molecule has 2 aromatic heterocycles. The number of fused-ring (bicyclic) bond motifs is 1. The molecule has 0 atom stereocenters. The van der Waals surface area contributed by atoms with Gasteiger partial charge in [0.1, 0.15) is 0 Å². The largest absolute Gasteiger partial charge is 0.361 e. The van der Waals surface area contributed by atoms with E-state index in [1.165, 1.54) is 0 Å². The van der Waals surface area contributed by atoms with Gasteiger partial charge in [0.25, 0.3) is 0 Å². The Hall–Kier alpha value is -2.92. The molecular formula is C18H14N4S. The summed E-state index contributed by atoms with van der Waals surface area (Å²) in [6.45, 7) is 0. The summed E-state index contributed by atoms with van der Waals surface area (Å²) in [5, 5.41) is 5.62. The Bertz CT molecular complexity index is 1040. The van der Waals surface area contributed by atoms with Gasteiger partial charge in [0, 0.05) is 22.7 Å². The highest BCUT2D eigenvalue weighted by Crippen LogP contribution is 2.18. The molecule has 0 aliphatic rings. The summed E-state index contributed by atoms with van der Waals surface area (Å²) in [7, 11) is 0. The Morgan fingerprint density at radius 2 is 1.78 bits per heavy atom. The van der Waals surface area contributed by atoms with Crippen molar-refractivity contribution in [3.05, 3.63) is 77.3 Å². The van der Waals surface area contributed by atoms with E-state index >= 15 is 0 Å². The Morgan fingerprint density at radius 3 is 2.65 bits per heavy atom. The summed E-state index contributed by atoms with van der Waals surface area (Å²) in [5.41, 5.74) is 4.16. The van der Waals surface area contributed by atoms with E-state index in [1.54, 1.807) is 4.68 Å². The van der Waals surface area contributed by atoms with Gasteiger partial charge in [-0.2, -0.15) is 5.10 Å². The molecule has 4 nitrogen and oxygen atoms in total. The monoisotopic (exact) mass is 318 g/mol. The first-order chi connectivity index (χ1) is 11.3. The third-order valence-electron chi connectivity index (χ3n) is 3.73. The van der Waals surface area contributed by atoms with E-state index in [9.17, 15) is 0 Å². The number of imidazole rings is 1. The average molecular weight is 318 g/mol. The zero-order valence-electron chi connectivity index (χ0n) is 12.2. The van der Waals surface area contributed by atoms with Crippen molar-refractivity contribution >= 4 is 29.3 Å². The van der Waals surface area contributed by atoms with E-state index in [-0.39, 0.29) is 0 Å². The first-order valence-electron chi connectivity index (χ1n) is 7.29. The first kappa shape index (κ1) is 13.7. The third-order valence-corrected chi connectivity index (χ3v) is 4.02. The number of aromatic nitrogens is 3. The van der Waals surface area contributed by atoms with Crippen molar-refractivity contribution in [1.82, 2.24) is 14.6 Å². The van der Waals surface area contributed by atoms with Crippen LogP contribution < -0.4 is 0 Å². The lowest BCUT2D eigenvalue weighted by molar-refractivity contribution is 0.864. The van der Waals surface area contributed by atoms with Crippen molar-refractivity contribution < 1.29 is 0 Å². The molecule has 0 aliphatic carbocycles. The zero-order valence-corrected chi connectivity index (χ0v) is 13.0. The topological polar surface area (TPSA) is 48.9 Å². The number of nitrogens with one attached hydrogen (secondary N) is 2. The van der Waals surface area contributed by atoms with Crippen LogP contribution in [-0.4, -0.2) is 20.9 Å². The number of hydrogen-bond donors (Lipinski definition) is 2. The van der Waals surface area contributed by atoms with Gasteiger partial charge in [0.05, 0.1) is 18.1 Å². The van der Waals surface area contributed by atoms with Crippen LogP contribution >= 0.6 is 12.2 Å². The lowest BCUT2D eigenvalue weighted by Crippen LogP contribution is -1.88. The van der Waals surface area contributed by atoms with Crippen LogP contribution in [0.1, 0.15) is 5.56 Å². The maximum absolute atomic E-state index is 5.35. The molecule has 0 spiro atoms. The van der Waals surface area contributed by atoms with Crippen LogP contribution in [0.3, 0.4) is 0 Å². The van der Waals surface area contributed by atoms with Gasteiger partial charge in [-0.25, -0.2) is 4.68 Å². The third kappa shape index (κ3) is 2.62. The van der Waals surface area contributed by atoms with Crippen molar-refractivity contribution in [3.8, 4) is 11.3 Å². The molecular weight excluding hydrogens is 304 g/mol. The summed E-state index contributed by atoms with van der Waals surface area (Å²) in [6, 6.07) is 18.2. The quantitative estimate of drug-likeness (QED) is 0.422. The lowest BCUT2D eigenvalue weighted by Gasteiger charge is -1.94. The molecule has 0 fully saturated rings. The van der Waals surface area contributed by atoms with Crippen LogP contribution in [0.15, 0.2) is 72.1 Å². The van der Waals surface area contributed by atoms with Crippen LogP contribution in [-0.2, 0) is 0 Å². The van der Waals surface area contributed by atoms with E-state index in [0.29, 0.717) is 4.77 Å². The average Bonchev–Trinajstić information content (AvgIpc) is 3.17. The van der Waals surface area contributed by atoms with Gasteiger partial charge in [0.15, 0.2) is 4.77 Å². The van der Waals surface area contributed by atoms with Gasteiger partial charge in [-0.1, -0.05) is 48.5 Å². The second kappa shape index (κ2) is 5.70. The molecule has 0 amide bonds. The predicted molar refractivity (Wildman–Crippen MR) is 96.3 cm³/mol. The van der Waals surface area contributed by atoms with Crippen LogP contribution in [0.4, 0.5) is 0 Å². The number of rotatable bonds is 3. The maximum atomic E-state index is 5.35. The molecule has 2 N–H and O–H groups in total. The summed E-state index contributed by atoms with van der Waals surface area (Å²) < 4.78 is 2.25. The highest BCUT2D eigenvalue weighted by molar-refractivity contribution is 7.71. The molecule has 5 heteroatoms. The molecule has 0 saturated heterocycles. The number of nitrogens with zero attached hydrogens (tertiary/aromatic N) is 2. The van der Waals surface area contributed by atoms with Gasteiger partial charge >= 0.3 is 0 Å². The zero-order chi connectivity index (χ0) is 15.6. The van der Waals surface area contributed by atoms with Gasteiger partial charge < -0.3 is 9.97 Å². The van der Waals surface area contributed by atoms with E-state index in [2.05, 4.69) is 21.1 Å². The fourth-order valence-corrected chi connectivity index (χ4v) is 2.77. The fraction of sp³-hybridized carbons (Fsp3) is 0. The number of para-hydroxylation sites is 1. The summed E-state index contributed by atoms with van der Waals surface area (Å²) >= 11 is 5.35. The second-order valence-electron chi connectivity index (χ2n) is 5.22. The molecule has 0 radical (unpaired) electrons. The number of hydrogen-bond acceptors (Lipinski definition) is 2. The van der Waals surface area contributed by atoms with Crippen LogP contribution in [0.25, 0.3) is 22.2 Å². The molecule has 4 aromatic rings. The van der Waals surface area contributed by atoms with Crippen molar-refractivity contribution in [1.29, 1.82) is 0 Å². The van der Waals surface area contributed by atoms with Crippen LogP contribution in [0.2, 0.25) is 0 Å². The molecule has 0 saturated carbocycles. The Labute approximate surface area is 138 Å². The highest BCUT2D eigenvalue weighted by Gasteiger charge is 2.03. The molecule has 112 valence electrons. The molecule has 23 heavy (non-hydrogen) atoms. The number of benzene rings is 2. The van der Waals surface area contributed by atoms with E-state index in [0.717, 1.165) is 27.7 Å². The minimum Gasteiger partial charge on any atom is -0.361 e. The molecule has 2 aromatic carbocycles. The maximum Gasteiger partial charge on any atom is 0.198 e. The Morgan fingerprint density at radius 1 is 1.00 bits per heavy atom. The standard InChI is InChI=1S/C18H14N4S/c23-18-21-17(13-6-2-1-3-7-13)12-22(18)20-11-14-10-19-16-9-5-4-8-15(14)16/h1-12,19H,(H,21,23). The first-order valence-corrected chi connectivity index (χ1v) is 7.70. The van der Waals surface area contributed by atoms with Gasteiger partial charge in [0.2, 0.25) is 0 Å². The van der Waals surface area contributed by atoms with Gasteiger partial charge in [-0.05, 0) is 23.8 Å². The molecule has 0 aliphatic heterocycles. The minimum atomic E-state index is 0.569. The van der Waals surface area contributed by atoms with E-state index < -0.39 is 0 Å². The van der Waals surface area contributed by atoms with Crippen molar-refractivity contribution in [2.24, 2.45) is 5.10 Å². The summed E-state index contributed by atoms with van der Waals surface area (Å²) in [6.07, 6.45) is 5.67. The predicted octanol–water partition coefficient (Wildman–Crippen LogP) is 4.58. The molecule has 0 bridgehead atoms. The van der Waals surface area contributed by atoms with Crippen LogP contribution in [0, 0.1) is 4.77 Å². The van der Waals surface area contributed by atoms with E-state index in [4.69, 9.17) is 12.2 Å². The Kier molecular flexibility index (Phi) is 3.40. The van der Waals surface area contributed by atoms with Crippen molar-refractivity contribution in [2.75, 3.05) is 0 Å². The van der Waals surface area contributed by atoms with Gasteiger partial charge in [-0.3, -0.25) is 0 Å². The molecule has 2 heterocycles. The highest BCUT2D eigenvalue weighted by atomic mass is 32.1. The SMILES string of the molecule is S=c1[nH]c(-c2ccccc2)cn1N=Cc1c[nH]c2ccccc12. The minimum absolute atomic E-state index is 0.569. The normalized spacial score (nSPS) is 11.5. The fourth-order valence-electron chi connectivity index (χ4n) is 2.56. The second-order valence-corrected chi connectivity index (χ2v) is 5.60. The summed E-state index contributed by atoms with van der Waals surface area (Å²) in [4.78, 5) is 6.42. The van der Waals surface area contributed by atoms with E-state index in [1.807, 2.05) is 67.1 Å². The van der Waals surface area contributed by atoms with Crippen molar-refractivity contribution in [3.63, 3.8) is 0 Å². The van der Waals surface area contributed by atoms with Crippen LogP contribution in [0.5, 0.6) is 0 Å². The summed E-state index contributed by atoms with van der Waals surface area (Å²) in [5.74, 6) is 0. The number of aromatic amines is 2. The molecule has 0 unspecified atom stereocenters. The lowest BCUT2D eigenvalue weighted by atomic mass is 10.2. The van der Waals surface area contributed by atoms with Gasteiger partial charge in [-0.15, -0.1) is 0 Å². The van der Waals surface area contributed by atoms with Crippen molar-refractivity contribution in [2.45, 2.75) is 0 Å². The smallest absolute Gasteiger partial charge is 0.198 e. The number of H-pyrrole nitrogens is 2. The Balaban J connectivity index is 1.69.